The van der Waals surface area contributed by atoms with Crippen LogP contribution >= 0.6 is 0 Å². The molecule has 1 fully saturated rings. The minimum absolute atomic E-state index is 0.208. The number of hydrogen-bond donors (Lipinski definition) is 1. The Morgan fingerprint density at radius 2 is 1.79 bits per heavy atom. The van der Waals surface area contributed by atoms with E-state index in [1.54, 1.807) is 0 Å². The summed E-state index contributed by atoms with van der Waals surface area (Å²) in [5.74, 6) is 0.772. The molecular weight excluding hydrogens is 178 g/mol. The van der Waals surface area contributed by atoms with Crippen LogP contribution in [0.25, 0.3) is 0 Å². The maximum absolute atomic E-state index is 10.6. The molecule has 1 saturated heterocycles. The molecule has 1 rings (SSSR count). The molecule has 0 bridgehead atoms. The van der Waals surface area contributed by atoms with E-state index in [2.05, 4.69) is 18.7 Å². The number of hydrogen-bond acceptors (Lipinski definition) is 2. The van der Waals surface area contributed by atoms with Gasteiger partial charge in [0.2, 0.25) is 0 Å². The van der Waals surface area contributed by atoms with Crippen molar-refractivity contribution in [3.63, 3.8) is 0 Å². The molecule has 1 unspecified atom stereocenters. The lowest BCUT2D eigenvalue weighted by atomic mass is 9.90. The quantitative estimate of drug-likeness (QED) is 0.737. The average Bonchev–Trinajstić information content (AvgIpc) is 2.07. The third-order valence-corrected chi connectivity index (χ3v) is 3.04. The molecule has 82 valence electrons. The lowest BCUT2D eigenvalue weighted by Crippen LogP contribution is -2.34. The monoisotopic (exact) mass is 199 g/mol. The number of likely N-dealkylation sites (tertiary alicyclic amines) is 1. The van der Waals surface area contributed by atoms with E-state index in [0.29, 0.717) is 0 Å². The second kappa shape index (κ2) is 5.35. The van der Waals surface area contributed by atoms with Gasteiger partial charge < -0.3 is 5.11 Å². The Morgan fingerprint density at radius 3 is 2.21 bits per heavy atom. The Kier molecular flexibility index (Phi) is 4.39. The Balaban J connectivity index is 2.41. The fourth-order valence-corrected chi connectivity index (χ4v) is 2.19. The molecule has 0 amide bonds. The smallest absolute Gasteiger partial charge is 0.317 e. The molecule has 14 heavy (non-hydrogen) atoms. The molecule has 0 spiro atoms. The molecule has 2 atom stereocenters. The summed E-state index contributed by atoms with van der Waals surface area (Å²) in [4.78, 5) is 12.7. The largest absolute Gasteiger partial charge is 0.480 e. The van der Waals surface area contributed by atoms with Crippen LogP contribution in [-0.2, 0) is 4.79 Å². The van der Waals surface area contributed by atoms with Crippen molar-refractivity contribution in [1.29, 1.82) is 0 Å². The number of carbonyl (C=O) groups is 1. The van der Waals surface area contributed by atoms with Crippen molar-refractivity contribution < 1.29 is 9.90 Å². The van der Waals surface area contributed by atoms with Gasteiger partial charge in [-0.25, -0.2) is 0 Å². The number of aliphatic carboxylic acids is 1. The molecule has 3 nitrogen and oxygen atoms in total. The van der Waals surface area contributed by atoms with Crippen molar-refractivity contribution in [3.8, 4) is 0 Å². The van der Waals surface area contributed by atoms with Crippen molar-refractivity contribution in [3.05, 3.63) is 0 Å². The summed E-state index contributed by atoms with van der Waals surface area (Å²) in [5.41, 5.74) is 0. The molecular formula is C11H21NO2. The molecule has 0 aliphatic carbocycles. The van der Waals surface area contributed by atoms with Gasteiger partial charge >= 0.3 is 5.97 Å². The van der Waals surface area contributed by atoms with E-state index in [-0.39, 0.29) is 6.54 Å². The van der Waals surface area contributed by atoms with Crippen molar-refractivity contribution in [2.75, 3.05) is 19.6 Å². The number of carboxylic acid groups (broad SMARTS) is 1. The predicted molar refractivity (Wildman–Crippen MR) is 56.3 cm³/mol. The summed E-state index contributed by atoms with van der Waals surface area (Å²) in [6.07, 6.45) is 3.57. The highest BCUT2D eigenvalue weighted by Gasteiger charge is 2.17. The Bertz CT molecular complexity index is 182. The summed E-state index contributed by atoms with van der Waals surface area (Å²) in [5, 5.41) is 8.72. The van der Waals surface area contributed by atoms with Gasteiger partial charge in [0.25, 0.3) is 0 Å². The van der Waals surface area contributed by atoms with Gasteiger partial charge in [-0.3, -0.25) is 9.69 Å². The summed E-state index contributed by atoms with van der Waals surface area (Å²) in [6.45, 7) is 6.63. The van der Waals surface area contributed by atoms with Crippen LogP contribution in [0.15, 0.2) is 0 Å². The van der Waals surface area contributed by atoms with Crippen LogP contribution in [0.1, 0.15) is 33.1 Å². The van der Waals surface area contributed by atoms with Crippen LogP contribution in [0.5, 0.6) is 0 Å². The molecule has 1 N–H and O–H groups in total. The molecule has 0 aromatic heterocycles. The number of carboxylic acids is 1. The third kappa shape index (κ3) is 4.09. The van der Waals surface area contributed by atoms with Crippen LogP contribution < -0.4 is 0 Å². The van der Waals surface area contributed by atoms with Crippen LogP contribution in [0.2, 0.25) is 0 Å². The Hall–Kier alpha value is -0.570. The first-order chi connectivity index (χ1) is 6.58. The average molecular weight is 199 g/mol. The van der Waals surface area contributed by atoms with Crippen molar-refractivity contribution in [1.82, 2.24) is 4.90 Å². The highest BCUT2D eigenvalue weighted by molar-refractivity contribution is 5.69. The van der Waals surface area contributed by atoms with E-state index in [4.69, 9.17) is 5.11 Å². The molecule has 1 aliphatic heterocycles. The van der Waals surface area contributed by atoms with Gasteiger partial charge in [0.1, 0.15) is 0 Å². The normalized spacial score (nSPS) is 30.7. The summed E-state index contributed by atoms with van der Waals surface area (Å²) < 4.78 is 0. The van der Waals surface area contributed by atoms with Crippen LogP contribution in [-0.4, -0.2) is 35.6 Å². The third-order valence-electron chi connectivity index (χ3n) is 3.04. The second-order valence-corrected chi connectivity index (χ2v) is 4.69. The molecule has 3 heteroatoms. The zero-order valence-corrected chi connectivity index (χ0v) is 9.20. The van der Waals surface area contributed by atoms with E-state index in [1.807, 2.05) is 0 Å². The molecule has 0 saturated carbocycles. The van der Waals surface area contributed by atoms with Crippen molar-refractivity contribution in [2.24, 2.45) is 11.8 Å². The second-order valence-electron chi connectivity index (χ2n) is 4.69. The zero-order valence-electron chi connectivity index (χ0n) is 9.20. The van der Waals surface area contributed by atoms with E-state index in [0.717, 1.165) is 37.8 Å². The van der Waals surface area contributed by atoms with Gasteiger partial charge in [-0.05, 0) is 44.2 Å². The minimum atomic E-state index is -0.703. The fourth-order valence-electron chi connectivity index (χ4n) is 2.19. The SMILES string of the molecule is CC1CCN(CC(=O)O)CC[C@H](C)C1. The van der Waals surface area contributed by atoms with E-state index in [9.17, 15) is 4.79 Å². The van der Waals surface area contributed by atoms with Gasteiger partial charge in [0.15, 0.2) is 0 Å². The topological polar surface area (TPSA) is 40.5 Å². The van der Waals surface area contributed by atoms with Crippen LogP contribution in [0, 0.1) is 11.8 Å². The Labute approximate surface area is 86.1 Å². The van der Waals surface area contributed by atoms with Gasteiger partial charge in [0, 0.05) is 0 Å². The maximum Gasteiger partial charge on any atom is 0.317 e. The maximum atomic E-state index is 10.6. The van der Waals surface area contributed by atoms with Crippen molar-refractivity contribution in [2.45, 2.75) is 33.1 Å². The van der Waals surface area contributed by atoms with E-state index >= 15 is 0 Å². The lowest BCUT2D eigenvalue weighted by Gasteiger charge is -2.28. The highest BCUT2D eigenvalue weighted by atomic mass is 16.4. The molecule has 0 aromatic rings. The first kappa shape index (κ1) is 11.5. The van der Waals surface area contributed by atoms with Crippen LogP contribution in [0.4, 0.5) is 0 Å². The lowest BCUT2D eigenvalue weighted by molar-refractivity contribution is -0.138. The summed E-state index contributed by atoms with van der Waals surface area (Å²) in [7, 11) is 0. The Morgan fingerprint density at radius 1 is 1.29 bits per heavy atom. The number of nitrogens with zero attached hydrogens (tertiary/aromatic N) is 1. The van der Waals surface area contributed by atoms with Gasteiger partial charge in [-0.2, -0.15) is 0 Å². The predicted octanol–water partition coefficient (Wildman–Crippen LogP) is 1.83. The summed E-state index contributed by atoms with van der Waals surface area (Å²) in [6, 6.07) is 0. The first-order valence-corrected chi connectivity index (χ1v) is 5.52. The molecule has 0 aromatic carbocycles. The van der Waals surface area contributed by atoms with E-state index in [1.165, 1.54) is 6.42 Å². The number of rotatable bonds is 2. The first-order valence-electron chi connectivity index (χ1n) is 5.52. The molecule has 0 radical (unpaired) electrons. The van der Waals surface area contributed by atoms with Gasteiger partial charge in [0.05, 0.1) is 6.54 Å². The minimum Gasteiger partial charge on any atom is -0.480 e. The van der Waals surface area contributed by atoms with Gasteiger partial charge in [-0.1, -0.05) is 13.8 Å². The zero-order chi connectivity index (χ0) is 10.6. The standard InChI is InChI=1S/C11H21NO2/c1-9-3-5-12(8-11(13)14)6-4-10(2)7-9/h9-10H,3-8H2,1-2H3,(H,13,14)/t9-,10?/m0/s1. The van der Waals surface area contributed by atoms with Gasteiger partial charge in [-0.15, -0.1) is 0 Å². The highest BCUT2D eigenvalue weighted by Crippen LogP contribution is 2.21. The summed E-state index contributed by atoms with van der Waals surface area (Å²) >= 11 is 0. The van der Waals surface area contributed by atoms with E-state index < -0.39 is 5.97 Å². The molecule has 1 aliphatic rings. The van der Waals surface area contributed by atoms with Crippen molar-refractivity contribution >= 4 is 5.97 Å². The fraction of sp³-hybridized carbons (Fsp3) is 0.909. The molecule has 1 heterocycles. The van der Waals surface area contributed by atoms with Crippen LogP contribution in [0.3, 0.4) is 0 Å².